The molecular weight excluding hydrogens is 231 g/mol. The SMILES string of the molecule is CN(C)Cc1nc2cc(F)ccc2n1CCC#N. The van der Waals surface area contributed by atoms with Gasteiger partial charge in [0, 0.05) is 12.6 Å². The van der Waals surface area contributed by atoms with E-state index in [0.29, 0.717) is 25.0 Å². The maximum Gasteiger partial charge on any atom is 0.125 e. The first-order valence-electron chi connectivity index (χ1n) is 5.78. The highest BCUT2D eigenvalue weighted by atomic mass is 19.1. The number of aromatic nitrogens is 2. The second-order valence-corrected chi connectivity index (χ2v) is 4.46. The summed E-state index contributed by atoms with van der Waals surface area (Å²) in [5.41, 5.74) is 1.52. The molecule has 0 bridgehead atoms. The molecule has 0 unspecified atom stereocenters. The fraction of sp³-hybridized carbons (Fsp3) is 0.385. The molecule has 0 saturated carbocycles. The Morgan fingerprint density at radius 2 is 2.22 bits per heavy atom. The van der Waals surface area contributed by atoms with Crippen molar-refractivity contribution in [3.63, 3.8) is 0 Å². The largest absolute Gasteiger partial charge is 0.326 e. The minimum Gasteiger partial charge on any atom is -0.326 e. The number of hydrogen-bond donors (Lipinski definition) is 0. The molecule has 2 aromatic rings. The van der Waals surface area contributed by atoms with E-state index in [9.17, 15) is 4.39 Å². The van der Waals surface area contributed by atoms with E-state index in [1.54, 1.807) is 6.07 Å². The lowest BCUT2D eigenvalue weighted by Gasteiger charge is -2.11. The number of hydrogen-bond acceptors (Lipinski definition) is 3. The number of rotatable bonds is 4. The fourth-order valence-corrected chi connectivity index (χ4v) is 1.97. The summed E-state index contributed by atoms with van der Waals surface area (Å²) in [6.07, 6.45) is 0.420. The van der Waals surface area contributed by atoms with Crippen LogP contribution in [0.15, 0.2) is 18.2 Å². The van der Waals surface area contributed by atoms with E-state index >= 15 is 0 Å². The van der Waals surface area contributed by atoms with Crippen molar-refractivity contribution >= 4 is 11.0 Å². The number of nitrogens with zero attached hydrogens (tertiary/aromatic N) is 4. The fourth-order valence-electron chi connectivity index (χ4n) is 1.97. The molecule has 0 atom stereocenters. The Bertz CT molecular complexity index is 595. The Hall–Kier alpha value is -1.93. The summed E-state index contributed by atoms with van der Waals surface area (Å²) in [7, 11) is 3.91. The van der Waals surface area contributed by atoms with E-state index in [2.05, 4.69) is 11.1 Å². The van der Waals surface area contributed by atoms with Crippen LogP contribution in [0.4, 0.5) is 4.39 Å². The molecule has 1 aromatic carbocycles. The second kappa shape index (κ2) is 5.15. The molecule has 1 aromatic heterocycles. The van der Waals surface area contributed by atoms with Gasteiger partial charge in [-0.2, -0.15) is 5.26 Å². The lowest BCUT2D eigenvalue weighted by molar-refractivity contribution is 0.382. The molecule has 2 rings (SSSR count). The quantitative estimate of drug-likeness (QED) is 0.830. The molecule has 94 valence electrons. The molecular formula is C13H15FN4. The van der Waals surface area contributed by atoms with Crippen LogP contribution in [0.5, 0.6) is 0 Å². The minimum atomic E-state index is -0.288. The number of fused-ring (bicyclic) bond motifs is 1. The summed E-state index contributed by atoms with van der Waals surface area (Å²) >= 11 is 0. The van der Waals surface area contributed by atoms with Crippen molar-refractivity contribution in [1.29, 1.82) is 5.26 Å². The molecule has 5 heteroatoms. The standard InChI is InChI=1S/C13H15FN4/c1-17(2)9-13-16-11-8-10(14)4-5-12(11)18(13)7-3-6-15/h4-5,8H,3,7,9H2,1-2H3. The first-order valence-corrected chi connectivity index (χ1v) is 5.78. The van der Waals surface area contributed by atoms with Crippen molar-refractivity contribution in [2.45, 2.75) is 19.5 Å². The molecule has 1 heterocycles. The van der Waals surface area contributed by atoms with Crippen molar-refractivity contribution in [3.8, 4) is 6.07 Å². The number of halogens is 1. The van der Waals surface area contributed by atoms with Gasteiger partial charge in [0.1, 0.15) is 11.6 Å². The maximum absolute atomic E-state index is 13.2. The van der Waals surface area contributed by atoms with Crippen molar-refractivity contribution < 1.29 is 4.39 Å². The summed E-state index contributed by atoms with van der Waals surface area (Å²) in [6, 6.07) is 6.69. The molecule has 18 heavy (non-hydrogen) atoms. The van der Waals surface area contributed by atoms with Crippen LogP contribution in [0.3, 0.4) is 0 Å². The first-order chi connectivity index (χ1) is 8.61. The van der Waals surface area contributed by atoms with Gasteiger partial charge in [0.2, 0.25) is 0 Å². The third kappa shape index (κ3) is 2.49. The normalized spacial score (nSPS) is 11.1. The molecule has 0 N–H and O–H groups in total. The number of benzene rings is 1. The van der Waals surface area contributed by atoms with Crippen LogP contribution < -0.4 is 0 Å². The van der Waals surface area contributed by atoms with Gasteiger partial charge >= 0.3 is 0 Å². The van der Waals surface area contributed by atoms with Crippen LogP contribution in [0.2, 0.25) is 0 Å². The van der Waals surface area contributed by atoms with Crippen LogP contribution >= 0.6 is 0 Å². The number of aryl methyl sites for hydroxylation is 1. The lowest BCUT2D eigenvalue weighted by Crippen LogP contribution is -2.15. The Morgan fingerprint density at radius 1 is 1.44 bits per heavy atom. The van der Waals surface area contributed by atoms with E-state index in [4.69, 9.17) is 5.26 Å². The van der Waals surface area contributed by atoms with Gasteiger partial charge in [0.15, 0.2) is 0 Å². The van der Waals surface area contributed by atoms with E-state index < -0.39 is 0 Å². The zero-order valence-corrected chi connectivity index (χ0v) is 10.5. The van der Waals surface area contributed by atoms with Gasteiger partial charge in [-0.05, 0) is 26.2 Å². The van der Waals surface area contributed by atoms with Gasteiger partial charge in [0.25, 0.3) is 0 Å². The molecule has 0 amide bonds. The van der Waals surface area contributed by atoms with E-state index in [1.165, 1.54) is 12.1 Å². The highest BCUT2D eigenvalue weighted by molar-refractivity contribution is 5.76. The highest BCUT2D eigenvalue weighted by Gasteiger charge is 2.11. The highest BCUT2D eigenvalue weighted by Crippen LogP contribution is 2.18. The zero-order chi connectivity index (χ0) is 13.1. The first kappa shape index (κ1) is 12.5. The molecule has 0 spiro atoms. The van der Waals surface area contributed by atoms with E-state index in [1.807, 2.05) is 23.6 Å². The van der Waals surface area contributed by atoms with Gasteiger partial charge in [-0.15, -0.1) is 0 Å². The Kier molecular flexibility index (Phi) is 3.58. The lowest BCUT2D eigenvalue weighted by atomic mass is 10.3. The predicted octanol–water partition coefficient (Wildman–Crippen LogP) is 2.15. The Labute approximate surface area is 105 Å². The molecule has 0 aliphatic rings. The van der Waals surface area contributed by atoms with Gasteiger partial charge in [-0.1, -0.05) is 0 Å². The van der Waals surface area contributed by atoms with Gasteiger partial charge in [-0.25, -0.2) is 9.37 Å². The molecule has 0 aliphatic heterocycles. The summed E-state index contributed by atoms with van der Waals surface area (Å²) < 4.78 is 15.2. The smallest absolute Gasteiger partial charge is 0.125 e. The summed E-state index contributed by atoms with van der Waals surface area (Å²) in [5.74, 6) is 0.569. The Balaban J connectivity index is 2.49. The van der Waals surface area contributed by atoms with Crippen LogP contribution in [-0.2, 0) is 13.1 Å². The summed E-state index contributed by atoms with van der Waals surface area (Å²) in [5, 5.41) is 8.70. The third-order valence-corrected chi connectivity index (χ3v) is 2.69. The molecule has 0 saturated heterocycles. The van der Waals surface area contributed by atoms with Crippen molar-refractivity contribution in [2.75, 3.05) is 14.1 Å². The summed E-state index contributed by atoms with van der Waals surface area (Å²) in [6.45, 7) is 1.25. The average molecular weight is 246 g/mol. The van der Waals surface area contributed by atoms with Gasteiger partial charge in [-0.3, -0.25) is 0 Å². The van der Waals surface area contributed by atoms with Crippen molar-refractivity contribution in [1.82, 2.24) is 14.5 Å². The Morgan fingerprint density at radius 3 is 2.89 bits per heavy atom. The number of imidazole rings is 1. The van der Waals surface area contributed by atoms with Crippen molar-refractivity contribution in [3.05, 3.63) is 29.8 Å². The van der Waals surface area contributed by atoms with Crippen LogP contribution in [0.25, 0.3) is 11.0 Å². The monoisotopic (exact) mass is 246 g/mol. The molecule has 0 aliphatic carbocycles. The molecule has 0 radical (unpaired) electrons. The van der Waals surface area contributed by atoms with Gasteiger partial charge in [0.05, 0.1) is 30.1 Å². The van der Waals surface area contributed by atoms with Crippen molar-refractivity contribution in [2.24, 2.45) is 0 Å². The summed E-state index contributed by atoms with van der Waals surface area (Å²) in [4.78, 5) is 6.44. The third-order valence-electron chi connectivity index (χ3n) is 2.69. The topological polar surface area (TPSA) is 44.9 Å². The predicted molar refractivity (Wildman–Crippen MR) is 67.3 cm³/mol. The van der Waals surface area contributed by atoms with Gasteiger partial charge < -0.3 is 9.47 Å². The minimum absolute atomic E-state index is 0.288. The number of nitriles is 1. The van der Waals surface area contributed by atoms with Crippen LogP contribution in [-0.4, -0.2) is 28.5 Å². The van der Waals surface area contributed by atoms with Crippen LogP contribution in [0.1, 0.15) is 12.2 Å². The molecule has 0 fully saturated rings. The second-order valence-electron chi connectivity index (χ2n) is 4.46. The van der Waals surface area contributed by atoms with E-state index in [0.717, 1.165) is 11.3 Å². The zero-order valence-electron chi connectivity index (χ0n) is 10.5. The maximum atomic E-state index is 13.2. The van der Waals surface area contributed by atoms with E-state index in [-0.39, 0.29) is 5.82 Å². The van der Waals surface area contributed by atoms with Crippen LogP contribution in [0, 0.1) is 17.1 Å². The average Bonchev–Trinajstić information content (AvgIpc) is 2.62. The molecule has 4 nitrogen and oxygen atoms in total.